The summed E-state index contributed by atoms with van der Waals surface area (Å²) in [7, 11) is 0. The standard InChI is InChI=1S/C49H88O5/c1-3-5-7-9-11-13-15-17-18-19-20-21-22-23-24-25-26-27-28-29-30-32-33-35-37-39-41-43-48(51)53-46-47(45-50)54-49(52)44-42-40-38-36-34-31-16-14-12-10-8-6-4-2/h6,8,12,14,31,34,38,40,47,50H,3-5,7,9-11,13,15-30,32-33,35-37,39,41-46H2,1-2H3/b8-6-,14-12-,34-31-,40-38-. The summed E-state index contributed by atoms with van der Waals surface area (Å²) in [6.45, 7) is 3.98. The monoisotopic (exact) mass is 757 g/mol. The molecule has 54 heavy (non-hydrogen) atoms. The molecule has 0 heterocycles. The molecule has 0 aliphatic rings. The summed E-state index contributed by atoms with van der Waals surface area (Å²) >= 11 is 0. The number of carbonyl (C=O) groups is 2. The maximum atomic E-state index is 12.1. The topological polar surface area (TPSA) is 72.8 Å². The summed E-state index contributed by atoms with van der Waals surface area (Å²) in [5.74, 6) is -0.679. The summed E-state index contributed by atoms with van der Waals surface area (Å²) in [6.07, 6.45) is 58.0. The Balaban J connectivity index is 3.47. The van der Waals surface area contributed by atoms with E-state index in [0.717, 1.165) is 44.9 Å². The summed E-state index contributed by atoms with van der Waals surface area (Å²) in [5, 5.41) is 9.56. The summed E-state index contributed by atoms with van der Waals surface area (Å²) in [6, 6.07) is 0. The van der Waals surface area contributed by atoms with Crippen molar-refractivity contribution in [3.63, 3.8) is 0 Å². The molecule has 0 spiro atoms. The highest BCUT2D eigenvalue weighted by Gasteiger charge is 2.15. The maximum Gasteiger partial charge on any atom is 0.306 e. The van der Waals surface area contributed by atoms with E-state index in [2.05, 4.69) is 50.3 Å². The molecule has 0 fully saturated rings. The third-order valence-corrected chi connectivity index (χ3v) is 10.2. The molecular weight excluding hydrogens is 669 g/mol. The van der Waals surface area contributed by atoms with E-state index in [4.69, 9.17) is 9.47 Å². The third kappa shape index (κ3) is 42.6. The molecule has 5 heteroatoms. The lowest BCUT2D eigenvalue weighted by atomic mass is 10.0. The van der Waals surface area contributed by atoms with Gasteiger partial charge in [-0.15, -0.1) is 0 Å². The Morgan fingerprint density at radius 3 is 1.17 bits per heavy atom. The maximum absolute atomic E-state index is 12.1. The molecule has 1 atom stereocenters. The van der Waals surface area contributed by atoms with Gasteiger partial charge in [0.25, 0.3) is 0 Å². The highest BCUT2D eigenvalue weighted by Crippen LogP contribution is 2.16. The second-order valence-electron chi connectivity index (χ2n) is 15.5. The lowest BCUT2D eigenvalue weighted by Gasteiger charge is -2.15. The molecule has 0 rings (SSSR count). The fourth-order valence-corrected chi connectivity index (χ4v) is 6.69. The van der Waals surface area contributed by atoms with Crippen molar-refractivity contribution in [3.8, 4) is 0 Å². The van der Waals surface area contributed by atoms with Crippen LogP contribution in [0.2, 0.25) is 0 Å². The minimum Gasteiger partial charge on any atom is -0.462 e. The first-order valence-corrected chi connectivity index (χ1v) is 23.2. The van der Waals surface area contributed by atoms with Gasteiger partial charge in [-0.2, -0.15) is 0 Å². The normalized spacial score (nSPS) is 12.6. The average Bonchev–Trinajstić information content (AvgIpc) is 3.17. The van der Waals surface area contributed by atoms with Gasteiger partial charge in [0.05, 0.1) is 6.61 Å². The number of hydrogen-bond acceptors (Lipinski definition) is 5. The smallest absolute Gasteiger partial charge is 0.306 e. The van der Waals surface area contributed by atoms with Crippen LogP contribution in [0.1, 0.15) is 232 Å². The summed E-state index contributed by atoms with van der Waals surface area (Å²) < 4.78 is 10.6. The van der Waals surface area contributed by atoms with E-state index in [1.165, 1.54) is 154 Å². The van der Waals surface area contributed by atoms with Crippen molar-refractivity contribution in [2.24, 2.45) is 0 Å². The van der Waals surface area contributed by atoms with Gasteiger partial charge in [-0.3, -0.25) is 9.59 Å². The quantitative estimate of drug-likeness (QED) is 0.0381. The summed E-state index contributed by atoms with van der Waals surface area (Å²) in [4.78, 5) is 24.3. The number of unbranched alkanes of at least 4 members (excludes halogenated alkanes) is 26. The van der Waals surface area contributed by atoms with Gasteiger partial charge in [-0.05, 0) is 38.5 Å². The number of aliphatic hydroxyl groups is 1. The second kappa shape index (κ2) is 45.3. The van der Waals surface area contributed by atoms with Gasteiger partial charge < -0.3 is 14.6 Å². The molecule has 5 nitrogen and oxygen atoms in total. The number of carbonyl (C=O) groups excluding carboxylic acids is 2. The van der Waals surface area contributed by atoms with Crippen molar-refractivity contribution in [3.05, 3.63) is 48.6 Å². The van der Waals surface area contributed by atoms with E-state index in [0.29, 0.717) is 12.8 Å². The first-order valence-electron chi connectivity index (χ1n) is 23.2. The predicted molar refractivity (Wildman–Crippen MR) is 233 cm³/mol. The van der Waals surface area contributed by atoms with Gasteiger partial charge in [0.15, 0.2) is 6.10 Å². The third-order valence-electron chi connectivity index (χ3n) is 10.2. The van der Waals surface area contributed by atoms with E-state index >= 15 is 0 Å². The average molecular weight is 757 g/mol. The molecule has 0 saturated carbocycles. The van der Waals surface area contributed by atoms with Crippen LogP contribution in [0.4, 0.5) is 0 Å². The van der Waals surface area contributed by atoms with E-state index in [1.54, 1.807) is 0 Å². The number of rotatable bonds is 42. The largest absolute Gasteiger partial charge is 0.462 e. The molecule has 0 radical (unpaired) electrons. The first-order chi connectivity index (χ1) is 26.6. The Kier molecular flexibility index (Phi) is 43.5. The van der Waals surface area contributed by atoms with Gasteiger partial charge in [-0.25, -0.2) is 0 Å². The van der Waals surface area contributed by atoms with Crippen molar-refractivity contribution in [2.45, 2.75) is 238 Å². The number of ether oxygens (including phenoxy) is 2. The van der Waals surface area contributed by atoms with E-state index < -0.39 is 12.1 Å². The Bertz CT molecular complexity index is 904. The Labute approximate surface area is 335 Å². The molecule has 1 unspecified atom stereocenters. The highest BCUT2D eigenvalue weighted by atomic mass is 16.6. The molecule has 0 aromatic carbocycles. The van der Waals surface area contributed by atoms with Gasteiger partial charge in [0.2, 0.25) is 0 Å². The highest BCUT2D eigenvalue weighted by molar-refractivity contribution is 5.70. The van der Waals surface area contributed by atoms with Crippen LogP contribution >= 0.6 is 0 Å². The molecule has 0 aliphatic heterocycles. The molecular formula is C49H88O5. The first kappa shape index (κ1) is 51.9. The molecule has 0 amide bonds. The molecule has 0 aromatic heterocycles. The van der Waals surface area contributed by atoms with Crippen LogP contribution in [0, 0.1) is 0 Å². The van der Waals surface area contributed by atoms with Crippen LogP contribution in [0.15, 0.2) is 48.6 Å². The van der Waals surface area contributed by atoms with Crippen molar-refractivity contribution >= 4 is 11.9 Å². The molecule has 0 aliphatic carbocycles. The van der Waals surface area contributed by atoms with Gasteiger partial charge >= 0.3 is 11.9 Å². The molecule has 0 bridgehead atoms. The Morgan fingerprint density at radius 1 is 0.444 bits per heavy atom. The minimum atomic E-state index is -0.808. The lowest BCUT2D eigenvalue weighted by molar-refractivity contribution is -0.161. The van der Waals surface area contributed by atoms with E-state index in [1.807, 2.05) is 12.2 Å². The van der Waals surface area contributed by atoms with Crippen LogP contribution in [-0.4, -0.2) is 36.4 Å². The molecule has 0 aromatic rings. The van der Waals surface area contributed by atoms with Crippen LogP contribution in [0.3, 0.4) is 0 Å². The van der Waals surface area contributed by atoms with Crippen molar-refractivity contribution in [1.29, 1.82) is 0 Å². The molecule has 0 saturated heterocycles. The zero-order chi connectivity index (χ0) is 39.3. The zero-order valence-corrected chi connectivity index (χ0v) is 35.7. The summed E-state index contributed by atoms with van der Waals surface area (Å²) in [5.41, 5.74) is 0. The van der Waals surface area contributed by atoms with Gasteiger partial charge in [-0.1, -0.05) is 229 Å². The van der Waals surface area contributed by atoms with Gasteiger partial charge in [0, 0.05) is 12.8 Å². The van der Waals surface area contributed by atoms with E-state index in [-0.39, 0.29) is 25.6 Å². The molecule has 1 N–H and O–H groups in total. The van der Waals surface area contributed by atoms with E-state index in [9.17, 15) is 14.7 Å². The number of esters is 2. The van der Waals surface area contributed by atoms with Crippen LogP contribution in [0.25, 0.3) is 0 Å². The van der Waals surface area contributed by atoms with Gasteiger partial charge in [0.1, 0.15) is 6.61 Å². The number of allylic oxidation sites excluding steroid dienone is 8. The fourth-order valence-electron chi connectivity index (χ4n) is 6.69. The van der Waals surface area contributed by atoms with Crippen LogP contribution in [0.5, 0.6) is 0 Å². The van der Waals surface area contributed by atoms with Crippen LogP contribution in [-0.2, 0) is 19.1 Å². The number of aliphatic hydroxyl groups excluding tert-OH is 1. The Morgan fingerprint density at radius 2 is 0.796 bits per heavy atom. The Hall–Kier alpha value is -2.14. The van der Waals surface area contributed by atoms with Crippen molar-refractivity contribution in [2.75, 3.05) is 13.2 Å². The predicted octanol–water partition coefficient (Wildman–Crippen LogP) is 15.0. The lowest BCUT2D eigenvalue weighted by Crippen LogP contribution is -2.28. The van der Waals surface area contributed by atoms with Crippen molar-refractivity contribution in [1.82, 2.24) is 0 Å². The van der Waals surface area contributed by atoms with Crippen LogP contribution < -0.4 is 0 Å². The minimum absolute atomic E-state index is 0.0927. The number of hydrogen-bond donors (Lipinski definition) is 1. The molecule has 314 valence electrons. The SMILES string of the molecule is CC/C=C\C/C=C\C/C=C\C/C=C\CCC(=O)OC(CO)COC(=O)CCCCCCCCCCCCCCCCCCCCCCCCCCCCC. The van der Waals surface area contributed by atoms with Crippen molar-refractivity contribution < 1.29 is 24.2 Å². The fraction of sp³-hybridized carbons (Fsp3) is 0.796. The zero-order valence-electron chi connectivity index (χ0n) is 35.7. The second-order valence-corrected chi connectivity index (χ2v) is 15.5.